The van der Waals surface area contributed by atoms with E-state index in [2.05, 4.69) is 33.0 Å². The van der Waals surface area contributed by atoms with Gasteiger partial charge in [-0.3, -0.25) is 0 Å². The maximum absolute atomic E-state index is 10.7. The van der Waals surface area contributed by atoms with Crippen LogP contribution >= 0.6 is 11.6 Å². The number of nitrogens with zero attached hydrogens (tertiary/aromatic N) is 2. The molecule has 174 valence electrons. The highest BCUT2D eigenvalue weighted by Crippen LogP contribution is 2.30. The smallest absolute Gasteiger partial charge is 0.168 e. The van der Waals surface area contributed by atoms with Crippen LogP contribution in [-0.4, -0.2) is 35.8 Å². The lowest BCUT2D eigenvalue weighted by Crippen LogP contribution is -2.26. The lowest BCUT2D eigenvalue weighted by molar-refractivity contribution is 0.0258. The first-order valence-corrected chi connectivity index (χ1v) is 10.6. The highest BCUT2D eigenvalue weighted by molar-refractivity contribution is 6.39. The molecule has 1 saturated heterocycles. The molecule has 3 rings (SSSR count). The molecule has 1 aromatic carbocycles. The fraction of sp³-hybridized carbons (Fsp3) is 0.364. The van der Waals surface area contributed by atoms with Crippen LogP contribution in [0.3, 0.4) is 0 Å². The molecule has 2 aromatic rings. The summed E-state index contributed by atoms with van der Waals surface area (Å²) in [6, 6.07) is 6.86. The van der Waals surface area contributed by atoms with Crippen LogP contribution in [0.15, 0.2) is 44.9 Å². The summed E-state index contributed by atoms with van der Waals surface area (Å²) in [6.45, 7) is 4.51. The van der Waals surface area contributed by atoms with E-state index < -0.39 is 5.60 Å². The molecule has 5 N–H and O–H groups in total. The van der Waals surface area contributed by atoms with Gasteiger partial charge in [0.2, 0.25) is 0 Å². The van der Waals surface area contributed by atoms with Crippen molar-refractivity contribution < 1.29 is 19.1 Å². The van der Waals surface area contributed by atoms with E-state index in [0.717, 1.165) is 19.1 Å². The van der Waals surface area contributed by atoms with E-state index in [1.54, 1.807) is 31.2 Å². The molecule has 1 unspecified atom stereocenters. The molecule has 10 nitrogen and oxygen atoms in total. The van der Waals surface area contributed by atoms with Crippen molar-refractivity contribution in [1.29, 1.82) is 10.9 Å². The number of halogens is 1. The first kappa shape index (κ1) is 24.3. The second-order valence-electron chi connectivity index (χ2n) is 7.50. The second kappa shape index (κ2) is 11.0. The lowest BCUT2D eigenvalue weighted by atomic mass is 10.0. The van der Waals surface area contributed by atoms with Gasteiger partial charge in [-0.05, 0) is 32.0 Å². The molecule has 1 atom stereocenters. The molecular weight excluding hydrogens is 448 g/mol. The third kappa shape index (κ3) is 6.55. The average Bonchev–Trinajstić information content (AvgIpc) is 3.26. The fourth-order valence-corrected chi connectivity index (χ4v) is 3.13. The minimum Gasteiger partial charge on any atom is -0.488 e. The van der Waals surface area contributed by atoms with Crippen LogP contribution in [0, 0.1) is 29.7 Å². The minimum absolute atomic E-state index is 0.0174. The van der Waals surface area contributed by atoms with E-state index in [1.807, 2.05) is 0 Å². The Balaban J connectivity index is 1.94. The third-order valence-corrected chi connectivity index (χ3v) is 5.11. The molecular formula is C22H25ClN6O4. The van der Waals surface area contributed by atoms with Crippen molar-refractivity contribution >= 4 is 23.5 Å². The van der Waals surface area contributed by atoms with Crippen LogP contribution in [0.4, 0.5) is 5.69 Å². The van der Waals surface area contributed by atoms with Crippen LogP contribution in [-0.2, 0) is 10.3 Å². The molecule has 1 aliphatic heterocycles. The zero-order valence-electron chi connectivity index (χ0n) is 18.2. The Morgan fingerprint density at radius 3 is 2.79 bits per heavy atom. The summed E-state index contributed by atoms with van der Waals surface area (Å²) in [6.07, 6.45) is 2.41. The van der Waals surface area contributed by atoms with Crippen LogP contribution in [0.25, 0.3) is 0 Å². The predicted molar refractivity (Wildman–Crippen MR) is 122 cm³/mol. The number of hydrogen-bond donors (Lipinski definition) is 5. The van der Waals surface area contributed by atoms with E-state index >= 15 is 0 Å². The molecule has 1 aromatic heterocycles. The van der Waals surface area contributed by atoms with Crippen LogP contribution in [0.1, 0.15) is 36.8 Å². The van der Waals surface area contributed by atoms with Crippen LogP contribution < -0.4 is 15.5 Å². The van der Waals surface area contributed by atoms with Crippen molar-refractivity contribution in [1.82, 2.24) is 10.6 Å². The summed E-state index contributed by atoms with van der Waals surface area (Å²) in [7, 11) is 0. The van der Waals surface area contributed by atoms with Gasteiger partial charge in [0.15, 0.2) is 5.60 Å². The van der Waals surface area contributed by atoms with Crippen molar-refractivity contribution in [2.24, 2.45) is 5.22 Å². The number of ether oxygens (including phenoxy) is 2. The first-order chi connectivity index (χ1) is 15.8. The summed E-state index contributed by atoms with van der Waals surface area (Å²) >= 11 is 6.07. The Hall–Kier alpha value is -3.39. The van der Waals surface area contributed by atoms with Crippen molar-refractivity contribution in [2.45, 2.75) is 38.4 Å². The van der Waals surface area contributed by atoms with Crippen molar-refractivity contribution in [3.63, 3.8) is 0 Å². The molecule has 0 radical (unpaired) electrons. The maximum Gasteiger partial charge on any atom is 0.168 e. The van der Waals surface area contributed by atoms with E-state index in [1.165, 1.54) is 6.92 Å². The molecule has 0 spiro atoms. The van der Waals surface area contributed by atoms with Gasteiger partial charge in [0.05, 0.1) is 18.9 Å². The minimum atomic E-state index is -1.51. The van der Waals surface area contributed by atoms with Crippen LogP contribution in [0.2, 0.25) is 0 Å². The number of hydrogen-bond acceptors (Lipinski definition) is 9. The highest BCUT2D eigenvalue weighted by atomic mass is 35.5. The highest BCUT2D eigenvalue weighted by Gasteiger charge is 2.24. The summed E-state index contributed by atoms with van der Waals surface area (Å²) in [5.74, 6) is 6.98. The van der Waals surface area contributed by atoms with E-state index in [4.69, 9.17) is 36.5 Å². The molecule has 0 bridgehead atoms. The third-order valence-electron chi connectivity index (χ3n) is 4.81. The topological polar surface area (TPSA) is 149 Å². The Labute approximate surface area is 196 Å². The fourth-order valence-electron chi connectivity index (χ4n) is 3.04. The van der Waals surface area contributed by atoms with E-state index in [-0.39, 0.29) is 17.0 Å². The lowest BCUT2D eigenvalue weighted by Gasteiger charge is -2.25. The van der Waals surface area contributed by atoms with Gasteiger partial charge in [-0.1, -0.05) is 33.8 Å². The predicted octanol–water partition coefficient (Wildman–Crippen LogP) is 3.80. The van der Waals surface area contributed by atoms with E-state index in [9.17, 15) is 5.11 Å². The molecule has 1 aliphatic rings. The largest absolute Gasteiger partial charge is 0.488 e. The first-order valence-electron chi connectivity index (χ1n) is 10.2. The summed E-state index contributed by atoms with van der Waals surface area (Å²) in [5, 5.41) is 28.1. The Morgan fingerprint density at radius 1 is 1.39 bits per heavy atom. The Bertz CT molecular complexity index is 1100. The molecule has 0 saturated carbocycles. The number of allylic oxidation sites excluding steroid dienone is 1. The van der Waals surface area contributed by atoms with Crippen LogP contribution in [0.5, 0.6) is 5.75 Å². The number of benzene rings is 1. The monoisotopic (exact) mass is 472 g/mol. The molecule has 33 heavy (non-hydrogen) atoms. The Kier molecular flexibility index (Phi) is 8.06. The van der Waals surface area contributed by atoms with Gasteiger partial charge < -0.3 is 29.8 Å². The summed E-state index contributed by atoms with van der Waals surface area (Å²) in [5.41, 5.74) is 9.38. The molecule has 0 aliphatic carbocycles. The van der Waals surface area contributed by atoms with Gasteiger partial charge >= 0.3 is 0 Å². The molecule has 11 heteroatoms. The van der Waals surface area contributed by atoms with Gasteiger partial charge in [0.25, 0.3) is 0 Å². The Morgan fingerprint density at radius 2 is 2.15 bits per heavy atom. The maximum atomic E-state index is 10.7. The van der Waals surface area contributed by atoms with Gasteiger partial charge in [0, 0.05) is 30.7 Å². The molecule has 1 fully saturated rings. The SMILES string of the molecule is Cc1cc(C(C)(O)C#Cc2ccc(OC3CCOCC3)c(N/C(NN=N)=C(\Cl)C=N)c2)no1. The molecule has 2 heterocycles. The van der Waals surface area contributed by atoms with Crippen molar-refractivity contribution in [2.75, 3.05) is 18.5 Å². The quantitative estimate of drug-likeness (QED) is 0.170. The van der Waals surface area contributed by atoms with Gasteiger partial charge in [-0.15, -0.1) is 0 Å². The zero-order chi connectivity index (χ0) is 23.8. The van der Waals surface area contributed by atoms with Gasteiger partial charge in [0.1, 0.15) is 34.2 Å². The van der Waals surface area contributed by atoms with E-state index in [0.29, 0.717) is 41.7 Å². The summed E-state index contributed by atoms with van der Waals surface area (Å²) in [4.78, 5) is 0. The van der Waals surface area contributed by atoms with Gasteiger partial charge in [-0.2, -0.15) is 5.53 Å². The number of rotatable bonds is 8. The number of nitrogens with one attached hydrogen (secondary N) is 4. The second-order valence-corrected chi connectivity index (χ2v) is 7.91. The summed E-state index contributed by atoms with van der Waals surface area (Å²) < 4.78 is 16.6. The number of aliphatic hydroxyl groups is 1. The number of anilines is 1. The molecule has 0 amide bonds. The van der Waals surface area contributed by atoms with Gasteiger partial charge in [-0.25, -0.2) is 5.43 Å². The zero-order valence-corrected chi connectivity index (χ0v) is 19.0. The number of aryl methyl sites for hydroxylation is 1. The standard InChI is InChI=1S/C22H25ClN6O4/c1-14-11-20(28-33-14)22(2,30)8-5-15-3-4-19(32-16-6-9-31-10-7-16)18(12-15)26-21(27-29-25)17(23)13-24/h3-4,11-13,16,24,26,30H,6-7,9-10H2,1-2H3,(H2,25,27)/b21-17+,24-13?. The number of aromatic nitrogens is 1. The average molecular weight is 473 g/mol. The van der Waals surface area contributed by atoms with Crippen molar-refractivity contribution in [3.8, 4) is 17.6 Å². The normalized spacial score (nSPS) is 16.5. The van der Waals surface area contributed by atoms with Crippen molar-refractivity contribution in [3.05, 3.63) is 52.1 Å².